The second-order valence-corrected chi connectivity index (χ2v) is 5.97. The predicted octanol–water partition coefficient (Wildman–Crippen LogP) is -0.852. The summed E-state index contributed by atoms with van der Waals surface area (Å²) in [7, 11) is -3.61. The van der Waals surface area contributed by atoms with Crippen molar-refractivity contribution in [2.75, 3.05) is 17.7 Å². The lowest BCUT2D eigenvalue weighted by Crippen LogP contribution is -2.32. The highest BCUT2D eigenvalue weighted by molar-refractivity contribution is 9.10. The van der Waals surface area contributed by atoms with E-state index in [0.29, 0.717) is 4.47 Å². The number of hydrogen-bond donors (Lipinski definition) is 4. The summed E-state index contributed by atoms with van der Waals surface area (Å²) in [6, 6.07) is 1.51. The molecule has 8 nitrogen and oxygen atoms in total. The largest absolute Gasteiger partial charge is 0.351 e. The van der Waals surface area contributed by atoms with E-state index in [-0.39, 0.29) is 23.7 Å². The first kappa shape index (κ1) is 14.8. The van der Waals surface area contributed by atoms with Crippen LogP contribution in [0.15, 0.2) is 16.7 Å². The van der Waals surface area contributed by atoms with Crippen molar-refractivity contribution in [3.05, 3.63) is 22.3 Å². The maximum atomic E-state index is 11.8. The summed E-state index contributed by atoms with van der Waals surface area (Å²) in [6.07, 6.45) is 1.47. The van der Waals surface area contributed by atoms with Crippen LogP contribution in [0.4, 0.5) is 5.82 Å². The van der Waals surface area contributed by atoms with Crippen molar-refractivity contribution in [2.45, 2.75) is 0 Å². The highest BCUT2D eigenvalue weighted by Crippen LogP contribution is 2.16. The number of rotatable bonds is 5. The lowest BCUT2D eigenvalue weighted by atomic mass is 10.2. The van der Waals surface area contributed by atoms with Crippen LogP contribution in [-0.4, -0.2) is 31.6 Å². The molecule has 0 fully saturated rings. The Morgan fingerprint density at radius 1 is 1.50 bits per heavy atom. The number of amides is 1. The second kappa shape index (κ2) is 6.09. The second-order valence-electron chi connectivity index (χ2n) is 3.32. The normalized spacial score (nSPS) is 11.1. The van der Waals surface area contributed by atoms with Crippen molar-refractivity contribution >= 4 is 37.7 Å². The molecule has 0 aliphatic rings. The number of primary sulfonamides is 1. The fourth-order valence-electron chi connectivity index (χ4n) is 1.13. The number of nitrogens with two attached hydrogens (primary N) is 2. The maximum Gasteiger partial charge on any atom is 0.255 e. The van der Waals surface area contributed by atoms with Crippen LogP contribution < -0.4 is 21.7 Å². The van der Waals surface area contributed by atoms with Gasteiger partial charge < -0.3 is 10.7 Å². The quantitative estimate of drug-likeness (QED) is 0.407. The zero-order valence-electron chi connectivity index (χ0n) is 9.18. The number of carbonyl (C=O) groups excluding carboxylic acids is 1. The van der Waals surface area contributed by atoms with E-state index in [9.17, 15) is 13.2 Å². The van der Waals surface area contributed by atoms with Crippen molar-refractivity contribution in [1.82, 2.24) is 10.3 Å². The molecule has 18 heavy (non-hydrogen) atoms. The highest BCUT2D eigenvalue weighted by Gasteiger charge is 2.13. The SMILES string of the molecule is NNc1ncc(Br)cc1C(=O)NCCS(N)(=O)=O. The van der Waals surface area contributed by atoms with Crippen LogP contribution in [0.25, 0.3) is 0 Å². The molecule has 1 amide bonds. The molecule has 1 rings (SSSR count). The Bertz CT molecular complexity index is 548. The summed E-state index contributed by atoms with van der Waals surface area (Å²) in [4.78, 5) is 15.6. The molecule has 0 saturated carbocycles. The van der Waals surface area contributed by atoms with Gasteiger partial charge in [-0.25, -0.2) is 24.4 Å². The average Bonchev–Trinajstić information content (AvgIpc) is 2.27. The van der Waals surface area contributed by atoms with Gasteiger partial charge in [0.25, 0.3) is 5.91 Å². The van der Waals surface area contributed by atoms with E-state index in [1.54, 1.807) is 0 Å². The molecular formula is C8H12BrN5O3S. The van der Waals surface area contributed by atoms with Gasteiger partial charge in [0.1, 0.15) is 0 Å². The summed E-state index contributed by atoms with van der Waals surface area (Å²) in [5, 5.41) is 7.21. The van der Waals surface area contributed by atoms with Crippen LogP contribution in [0.2, 0.25) is 0 Å². The molecule has 10 heteroatoms. The summed E-state index contributed by atoms with van der Waals surface area (Å²) in [5.41, 5.74) is 2.47. The molecule has 1 heterocycles. The van der Waals surface area contributed by atoms with Gasteiger partial charge in [-0.2, -0.15) is 0 Å². The van der Waals surface area contributed by atoms with Crippen molar-refractivity contribution in [1.29, 1.82) is 0 Å². The van der Waals surface area contributed by atoms with Crippen LogP contribution in [0.5, 0.6) is 0 Å². The Balaban J connectivity index is 2.75. The number of nitrogen functional groups attached to an aromatic ring is 1. The number of hydrazine groups is 1. The van der Waals surface area contributed by atoms with Crippen LogP contribution in [-0.2, 0) is 10.0 Å². The molecule has 0 saturated heterocycles. The Morgan fingerprint density at radius 3 is 2.72 bits per heavy atom. The number of halogens is 1. The number of pyridine rings is 1. The molecular weight excluding hydrogens is 326 g/mol. The lowest BCUT2D eigenvalue weighted by molar-refractivity contribution is 0.0956. The van der Waals surface area contributed by atoms with Gasteiger partial charge in [-0.3, -0.25) is 4.79 Å². The van der Waals surface area contributed by atoms with Crippen molar-refractivity contribution in [3.8, 4) is 0 Å². The standard InChI is InChI=1S/C8H12BrN5O3S/c9-5-3-6(7(14-10)13-4-5)8(15)12-1-2-18(11,16)17/h3-4H,1-2,10H2,(H,12,15)(H,13,14)(H2,11,16,17). The first-order valence-corrected chi connectivity index (χ1v) is 7.25. The molecule has 1 aromatic rings. The van der Waals surface area contributed by atoms with Gasteiger partial charge >= 0.3 is 0 Å². The van der Waals surface area contributed by atoms with Gasteiger partial charge in [0, 0.05) is 17.2 Å². The number of nitrogens with one attached hydrogen (secondary N) is 2. The average molecular weight is 338 g/mol. The molecule has 0 aromatic carbocycles. The van der Waals surface area contributed by atoms with E-state index in [1.807, 2.05) is 0 Å². The van der Waals surface area contributed by atoms with E-state index < -0.39 is 15.9 Å². The zero-order valence-corrected chi connectivity index (χ0v) is 11.6. The Morgan fingerprint density at radius 2 is 2.17 bits per heavy atom. The monoisotopic (exact) mass is 337 g/mol. The molecule has 0 atom stereocenters. The maximum absolute atomic E-state index is 11.8. The molecule has 0 unspecified atom stereocenters. The number of carbonyl (C=O) groups is 1. The van der Waals surface area contributed by atoms with E-state index in [4.69, 9.17) is 11.0 Å². The molecule has 0 bridgehead atoms. The van der Waals surface area contributed by atoms with Crippen molar-refractivity contribution < 1.29 is 13.2 Å². The summed E-state index contributed by atoms with van der Waals surface area (Å²) < 4.78 is 22.0. The molecule has 100 valence electrons. The first-order valence-electron chi connectivity index (χ1n) is 4.74. The van der Waals surface area contributed by atoms with Crippen LogP contribution in [0.3, 0.4) is 0 Å². The topological polar surface area (TPSA) is 140 Å². The summed E-state index contributed by atoms with van der Waals surface area (Å²) in [6.45, 7) is -0.0891. The lowest BCUT2D eigenvalue weighted by Gasteiger charge is -2.08. The Kier molecular flexibility index (Phi) is 5.02. The Hall–Kier alpha value is -1.23. The third-order valence-corrected chi connectivity index (χ3v) is 3.11. The molecule has 0 radical (unpaired) electrons. The third-order valence-electron chi connectivity index (χ3n) is 1.91. The van der Waals surface area contributed by atoms with Gasteiger partial charge in [0.15, 0.2) is 5.82 Å². The third kappa shape index (κ3) is 4.56. The smallest absolute Gasteiger partial charge is 0.255 e. The molecule has 0 spiro atoms. The number of nitrogens with zero attached hydrogens (tertiary/aromatic N) is 1. The van der Waals surface area contributed by atoms with Crippen molar-refractivity contribution in [3.63, 3.8) is 0 Å². The van der Waals surface area contributed by atoms with Gasteiger partial charge in [0.05, 0.1) is 11.3 Å². The van der Waals surface area contributed by atoms with Gasteiger partial charge in [0.2, 0.25) is 10.0 Å². The van der Waals surface area contributed by atoms with Crippen molar-refractivity contribution in [2.24, 2.45) is 11.0 Å². The van der Waals surface area contributed by atoms with E-state index in [1.165, 1.54) is 12.3 Å². The minimum Gasteiger partial charge on any atom is -0.351 e. The summed E-state index contributed by atoms with van der Waals surface area (Å²) in [5.74, 6) is 4.56. The van der Waals surface area contributed by atoms with Gasteiger partial charge in [-0.1, -0.05) is 0 Å². The fourth-order valence-corrected chi connectivity index (χ4v) is 1.85. The first-order chi connectivity index (χ1) is 8.33. The highest BCUT2D eigenvalue weighted by atomic mass is 79.9. The number of anilines is 1. The van der Waals surface area contributed by atoms with E-state index >= 15 is 0 Å². The molecule has 0 aliphatic carbocycles. The molecule has 1 aromatic heterocycles. The predicted molar refractivity (Wildman–Crippen MR) is 70.1 cm³/mol. The van der Waals surface area contributed by atoms with Gasteiger partial charge in [-0.05, 0) is 22.0 Å². The molecule has 0 aliphatic heterocycles. The van der Waals surface area contributed by atoms with Crippen LogP contribution in [0, 0.1) is 0 Å². The minimum atomic E-state index is -3.61. The number of sulfonamides is 1. The zero-order chi connectivity index (χ0) is 13.8. The molecule has 6 N–H and O–H groups in total. The number of hydrogen-bond acceptors (Lipinski definition) is 6. The van der Waals surface area contributed by atoms with Crippen LogP contribution >= 0.6 is 15.9 Å². The minimum absolute atomic E-state index is 0.0891. The summed E-state index contributed by atoms with van der Waals surface area (Å²) >= 11 is 3.17. The fraction of sp³-hybridized carbons (Fsp3) is 0.250. The number of aromatic nitrogens is 1. The van der Waals surface area contributed by atoms with E-state index in [0.717, 1.165) is 0 Å². The van der Waals surface area contributed by atoms with Crippen LogP contribution in [0.1, 0.15) is 10.4 Å². The van der Waals surface area contributed by atoms with E-state index in [2.05, 4.69) is 31.7 Å². The van der Waals surface area contributed by atoms with Gasteiger partial charge in [-0.15, -0.1) is 0 Å². The Labute approximate surface area is 112 Å².